The molecule has 3 N–H and O–H groups in total. The largest absolute Gasteiger partial charge is 0.501 e. The van der Waals surface area contributed by atoms with Crippen LogP contribution in [0.3, 0.4) is 0 Å². The highest BCUT2D eigenvalue weighted by Gasteiger charge is 2.29. The van der Waals surface area contributed by atoms with Crippen molar-refractivity contribution in [2.75, 3.05) is 0 Å². The number of rotatable bonds is 0. The molecular formula is C5H7NO3. The lowest BCUT2D eigenvalue weighted by Gasteiger charge is -1.98. The van der Waals surface area contributed by atoms with Crippen LogP contribution in [0.4, 0.5) is 0 Å². The maximum absolute atomic E-state index is 10.6. The summed E-state index contributed by atoms with van der Waals surface area (Å²) in [5, 5.41) is 8.72. The SMILES string of the molecule is CC1OC(N)=C(O)C1=O. The van der Waals surface area contributed by atoms with E-state index in [4.69, 9.17) is 10.8 Å². The summed E-state index contributed by atoms with van der Waals surface area (Å²) in [5.74, 6) is -1.08. The van der Waals surface area contributed by atoms with Crippen LogP contribution in [0.2, 0.25) is 0 Å². The highest BCUT2D eigenvalue weighted by Crippen LogP contribution is 2.14. The fourth-order valence-electron chi connectivity index (χ4n) is 0.614. The second-order valence-electron chi connectivity index (χ2n) is 1.84. The Balaban J connectivity index is 2.87. The molecule has 0 saturated heterocycles. The Labute approximate surface area is 51.9 Å². The van der Waals surface area contributed by atoms with E-state index in [0.29, 0.717) is 0 Å². The number of carbonyl (C=O) groups is 1. The molecule has 0 fully saturated rings. The quantitative estimate of drug-likeness (QED) is 0.469. The van der Waals surface area contributed by atoms with Crippen molar-refractivity contribution in [3.05, 3.63) is 11.6 Å². The maximum atomic E-state index is 10.6. The van der Waals surface area contributed by atoms with Crippen LogP contribution in [0.1, 0.15) is 6.92 Å². The van der Waals surface area contributed by atoms with Crippen molar-refractivity contribution in [2.24, 2.45) is 5.73 Å². The zero-order chi connectivity index (χ0) is 7.02. The molecule has 1 heterocycles. The fourth-order valence-corrected chi connectivity index (χ4v) is 0.614. The van der Waals surface area contributed by atoms with Crippen LogP contribution in [-0.2, 0) is 9.53 Å². The second-order valence-corrected chi connectivity index (χ2v) is 1.84. The lowest BCUT2D eigenvalue weighted by atomic mass is 10.2. The Morgan fingerprint density at radius 1 is 1.78 bits per heavy atom. The number of aliphatic hydroxyl groups is 1. The van der Waals surface area contributed by atoms with Crippen molar-refractivity contribution < 1.29 is 14.6 Å². The first-order valence-corrected chi connectivity index (χ1v) is 2.52. The topological polar surface area (TPSA) is 72.6 Å². The van der Waals surface area contributed by atoms with Crippen LogP contribution in [-0.4, -0.2) is 17.0 Å². The fraction of sp³-hybridized carbons (Fsp3) is 0.400. The van der Waals surface area contributed by atoms with Gasteiger partial charge in [-0.1, -0.05) is 0 Å². The van der Waals surface area contributed by atoms with Gasteiger partial charge in [0.25, 0.3) is 0 Å². The zero-order valence-electron chi connectivity index (χ0n) is 4.92. The molecule has 4 heteroatoms. The Morgan fingerprint density at radius 3 is 2.44 bits per heavy atom. The second kappa shape index (κ2) is 1.65. The van der Waals surface area contributed by atoms with Gasteiger partial charge < -0.3 is 15.6 Å². The number of ether oxygens (including phenoxy) is 1. The van der Waals surface area contributed by atoms with Crippen LogP contribution in [0.5, 0.6) is 0 Å². The van der Waals surface area contributed by atoms with E-state index in [9.17, 15) is 4.79 Å². The van der Waals surface area contributed by atoms with E-state index < -0.39 is 17.6 Å². The van der Waals surface area contributed by atoms with Gasteiger partial charge in [0, 0.05) is 0 Å². The lowest BCUT2D eigenvalue weighted by Crippen LogP contribution is -2.13. The molecule has 1 aliphatic rings. The van der Waals surface area contributed by atoms with E-state index in [1.807, 2.05) is 0 Å². The summed E-state index contributed by atoms with van der Waals surface area (Å²) >= 11 is 0. The molecule has 0 radical (unpaired) electrons. The van der Waals surface area contributed by atoms with E-state index in [-0.39, 0.29) is 5.88 Å². The molecule has 1 atom stereocenters. The van der Waals surface area contributed by atoms with Crippen LogP contribution < -0.4 is 5.73 Å². The summed E-state index contributed by atoms with van der Waals surface area (Å²) < 4.78 is 4.64. The summed E-state index contributed by atoms with van der Waals surface area (Å²) in [4.78, 5) is 10.6. The highest BCUT2D eigenvalue weighted by atomic mass is 16.5. The molecule has 0 spiro atoms. The van der Waals surface area contributed by atoms with Crippen LogP contribution in [0.25, 0.3) is 0 Å². The molecular weight excluding hydrogens is 122 g/mol. The molecule has 0 amide bonds. The maximum Gasteiger partial charge on any atom is 0.242 e. The standard InChI is InChI=1S/C5H7NO3/c1-2-3(7)4(8)5(6)9-2/h2,8H,6H2,1H3. The van der Waals surface area contributed by atoms with E-state index >= 15 is 0 Å². The molecule has 0 aromatic carbocycles. The van der Waals surface area contributed by atoms with Gasteiger partial charge in [-0.15, -0.1) is 0 Å². The van der Waals surface area contributed by atoms with E-state index in [2.05, 4.69) is 4.74 Å². The van der Waals surface area contributed by atoms with Crippen LogP contribution in [0, 0.1) is 0 Å². The minimum Gasteiger partial charge on any atom is -0.501 e. The van der Waals surface area contributed by atoms with Gasteiger partial charge in [-0.3, -0.25) is 4.79 Å². The molecule has 0 aromatic rings. The summed E-state index contributed by atoms with van der Waals surface area (Å²) in [6.45, 7) is 1.53. The average molecular weight is 129 g/mol. The minimum absolute atomic E-state index is 0.174. The van der Waals surface area contributed by atoms with Crippen LogP contribution in [0.15, 0.2) is 11.6 Å². The first kappa shape index (κ1) is 5.94. The number of hydrogen-bond donors (Lipinski definition) is 2. The molecule has 0 aliphatic carbocycles. The van der Waals surface area contributed by atoms with Gasteiger partial charge in [-0.2, -0.15) is 0 Å². The van der Waals surface area contributed by atoms with Gasteiger partial charge in [0.15, 0.2) is 6.10 Å². The van der Waals surface area contributed by atoms with Crippen molar-refractivity contribution in [1.29, 1.82) is 0 Å². The molecule has 0 aromatic heterocycles. The summed E-state index contributed by atoms with van der Waals surface area (Å²) in [5.41, 5.74) is 5.05. The Hall–Kier alpha value is -1.19. The number of carbonyl (C=O) groups excluding carboxylic acids is 1. The van der Waals surface area contributed by atoms with E-state index in [1.54, 1.807) is 0 Å². The van der Waals surface area contributed by atoms with Crippen molar-refractivity contribution in [1.82, 2.24) is 0 Å². The molecule has 0 saturated carbocycles. The third kappa shape index (κ3) is 0.718. The van der Waals surface area contributed by atoms with Gasteiger partial charge in [0.1, 0.15) is 0 Å². The summed E-state index contributed by atoms with van der Waals surface area (Å²) in [6, 6.07) is 0. The van der Waals surface area contributed by atoms with Gasteiger partial charge in [0.05, 0.1) is 0 Å². The first-order chi connectivity index (χ1) is 4.13. The van der Waals surface area contributed by atoms with Gasteiger partial charge in [0.2, 0.25) is 17.4 Å². The molecule has 1 rings (SSSR count). The summed E-state index contributed by atoms with van der Waals surface area (Å²) in [6.07, 6.45) is -0.620. The molecule has 4 nitrogen and oxygen atoms in total. The first-order valence-electron chi connectivity index (χ1n) is 2.52. The van der Waals surface area contributed by atoms with Gasteiger partial charge in [-0.25, -0.2) is 0 Å². The predicted molar refractivity (Wildman–Crippen MR) is 29.4 cm³/mol. The molecule has 0 bridgehead atoms. The smallest absolute Gasteiger partial charge is 0.242 e. The number of Topliss-reactive ketones (excluding diaryl/α,β-unsaturated/α-hetero) is 1. The average Bonchev–Trinajstić information content (AvgIpc) is 1.98. The highest BCUT2D eigenvalue weighted by molar-refractivity contribution is 5.98. The molecule has 1 aliphatic heterocycles. The summed E-state index contributed by atoms with van der Waals surface area (Å²) in [7, 11) is 0. The Kier molecular flexibility index (Phi) is 1.09. The molecule has 9 heavy (non-hydrogen) atoms. The lowest BCUT2D eigenvalue weighted by molar-refractivity contribution is -0.122. The van der Waals surface area contributed by atoms with Crippen LogP contribution >= 0.6 is 0 Å². The molecule has 1 unspecified atom stereocenters. The normalized spacial score (nSPS) is 26.8. The number of nitrogens with two attached hydrogens (primary N) is 1. The van der Waals surface area contributed by atoms with Gasteiger partial charge in [-0.05, 0) is 6.92 Å². The van der Waals surface area contributed by atoms with Crippen molar-refractivity contribution in [3.8, 4) is 0 Å². The third-order valence-corrected chi connectivity index (χ3v) is 1.14. The van der Waals surface area contributed by atoms with Crippen molar-refractivity contribution in [3.63, 3.8) is 0 Å². The van der Waals surface area contributed by atoms with Crippen molar-refractivity contribution in [2.45, 2.75) is 13.0 Å². The Bertz CT molecular complexity index is 185. The number of ketones is 1. The minimum atomic E-state index is -0.620. The molecule has 50 valence electrons. The third-order valence-electron chi connectivity index (χ3n) is 1.14. The van der Waals surface area contributed by atoms with Gasteiger partial charge >= 0.3 is 0 Å². The number of hydrogen-bond acceptors (Lipinski definition) is 4. The van der Waals surface area contributed by atoms with E-state index in [0.717, 1.165) is 0 Å². The zero-order valence-corrected chi connectivity index (χ0v) is 4.92. The van der Waals surface area contributed by atoms with E-state index in [1.165, 1.54) is 6.92 Å². The monoisotopic (exact) mass is 129 g/mol. The Morgan fingerprint density at radius 2 is 2.33 bits per heavy atom. The van der Waals surface area contributed by atoms with Crippen molar-refractivity contribution >= 4 is 5.78 Å². The number of aliphatic hydroxyl groups excluding tert-OH is 1. The predicted octanol–water partition coefficient (Wildman–Crippen LogP) is -0.340.